The molecule has 1 heterocycles. The Morgan fingerprint density at radius 1 is 1.00 bits per heavy atom. The molecular weight excluding hydrogens is 610 g/mol. The number of Topliss-reactive ketones (excluding diaryl/α,β-unsaturated/α-hetero) is 1. The van der Waals surface area contributed by atoms with Crippen molar-refractivity contribution in [3.63, 3.8) is 0 Å². The number of hydrazine groups is 1. The van der Waals surface area contributed by atoms with E-state index in [4.69, 9.17) is 11.6 Å². The molecule has 2 aromatic carbocycles. The molecule has 0 bridgehead atoms. The van der Waals surface area contributed by atoms with E-state index < -0.39 is 46.8 Å². The zero-order chi connectivity index (χ0) is 25.4. The molecule has 2 aromatic rings. The third-order valence-electron chi connectivity index (χ3n) is 6.13. The number of benzene rings is 2. The van der Waals surface area contributed by atoms with Crippen molar-refractivity contribution in [1.82, 2.24) is 10.0 Å². The van der Waals surface area contributed by atoms with E-state index >= 15 is 0 Å². The average molecular weight is 628 g/mol. The molecule has 0 unspecified atom stereocenters. The molecule has 0 aromatic heterocycles. The highest BCUT2D eigenvalue weighted by Crippen LogP contribution is 2.43. The second-order valence-corrected chi connectivity index (χ2v) is 11.1. The minimum Gasteiger partial charge on any atom is -0.292 e. The number of alkyl halides is 2. The van der Waals surface area contributed by atoms with Crippen LogP contribution in [0.2, 0.25) is 5.02 Å². The standard InChI is InChI=1S/C23H18Br2ClN3O6/c24-18-9-16-17(10-19(18)25)23(33)28(22(16)32)27(21(31)12-4-6-14(26)7-5-12)11-20(30)13-2-1-3-15(8-13)29(34)35/h1-8,16-19H,9-11H2/t16-,17+,18+,19-. The number of hydrogen-bond donors (Lipinski definition) is 0. The molecule has 2 fully saturated rings. The van der Waals surface area contributed by atoms with Crippen LogP contribution in [-0.4, -0.2) is 54.6 Å². The number of halogens is 3. The third kappa shape index (κ3) is 5.03. The number of hydrogen-bond acceptors (Lipinski definition) is 6. The van der Waals surface area contributed by atoms with Crippen LogP contribution in [0.25, 0.3) is 0 Å². The second-order valence-electron chi connectivity index (χ2n) is 8.30. The van der Waals surface area contributed by atoms with Gasteiger partial charge in [-0.25, -0.2) is 5.01 Å². The summed E-state index contributed by atoms with van der Waals surface area (Å²) in [6.07, 6.45) is 0.785. The number of imide groups is 1. The van der Waals surface area contributed by atoms with Crippen LogP contribution >= 0.6 is 43.5 Å². The van der Waals surface area contributed by atoms with E-state index in [0.29, 0.717) is 17.9 Å². The van der Waals surface area contributed by atoms with Gasteiger partial charge in [0.05, 0.1) is 16.8 Å². The topological polar surface area (TPSA) is 118 Å². The minimum atomic E-state index is -0.744. The van der Waals surface area contributed by atoms with Crippen LogP contribution in [-0.2, 0) is 9.59 Å². The first-order chi connectivity index (χ1) is 16.6. The zero-order valence-corrected chi connectivity index (χ0v) is 21.9. The fourth-order valence-electron chi connectivity index (χ4n) is 4.31. The Kier molecular flexibility index (Phi) is 7.39. The van der Waals surface area contributed by atoms with Gasteiger partial charge in [0.1, 0.15) is 6.54 Å². The summed E-state index contributed by atoms with van der Waals surface area (Å²) in [7, 11) is 0. The van der Waals surface area contributed by atoms with Gasteiger partial charge in [-0.2, -0.15) is 5.01 Å². The summed E-state index contributed by atoms with van der Waals surface area (Å²) in [5, 5.41) is 13.1. The average Bonchev–Trinajstić information content (AvgIpc) is 3.07. The van der Waals surface area contributed by atoms with Gasteiger partial charge in [0.2, 0.25) is 0 Å². The number of non-ortho nitro benzene ring substituents is 1. The summed E-state index contributed by atoms with van der Waals surface area (Å²) < 4.78 is 0. The molecule has 35 heavy (non-hydrogen) atoms. The maximum atomic E-state index is 13.5. The summed E-state index contributed by atoms with van der Waals surface area (Å²) in [4.78, 5) is 63.7. The van der Waals surface area contributed by atoms with Crippen molar-refractivity contribution in [2.75, 3.05) is 6.54 Å². The molecule has 0 radical (unpaired) electrons. The maximum absolute atomic E-state index is 13.5. The predicted molar refractivity (Wildman–Crippen MR) is 133 cm³/mol. The molecule has 2 aliphatic rings. The molecule has 1 saturated carbocycles. The molecule has 1 saturated heterocycles. The Labute approximate surface area is 221 Å². The van der Waals surface area contributed by atoms with Crippen LogP contribution in [0.15, 0.2) is 48.5 Å². The number of nitrogens with zero attached hydrogens (tertiary/aromatic N) is 3. The molecule has 182 valence electrons. The van der Waals surface area contributed by atoms with E-state index in [1.165, 1.54) is 42.5 Å². The van der Waals surface area contributed by atoms with E-state index in [1.807, 2.05) is 0 Å². The lowest BCUT2D eigenvalue weighted by molar-refractivity contribution is -0.384. The van der Waals surface area contributed by atoms with Crippen LogP contribution in [0.4, 0.5) is 5.69 Å². The molecule has 0 N–H and O–H groups in total. The Hall–Kier alpha value is -2.63. The van der Waals surface area contributed by atoms with Crippen molar-refractivity contribution in [3.05, 3.63) is 74.8 Å². The van der Waals surface area contributed by atoms with Crippen molar-refractivity contribution >= 4 is 72.7 Å². The normalized spacial score (nSPS) is 23.7. The van der Waals surface area contributed by atoms with Crippen LogP contribution < -0.4 is 0 Å². The molecule has 9 nitrogen and oxygen atoms in total. The van der Waals surface area contributed by atoms with Crippen LogP contribution in [0.3, 0.4) is 0 Å². The Bertz CT molecular complexity index is 1200. The van der Waals surface area contributed by atoms with Gasteiger partial charge in [-0.3, -0.25) is 29.3 Å². The van der Waals surface area contributed by atoms with E-state index in [2.05, 4.69) is 31.9 Å². The number of nitro benzene ring substituents is 1. The van der Waals surface area contributed by atoms with E-state index in [1.54, 1.807) is 0 Å². The van der Waals surface area contributed by atoms with Crippen molar-refractivity contribution in [3.8, 4) is 0 Å². The molecule has 12 heteroatoms. The number of ketones is 1. The zero-order valence-electron chi connectivity index (χ0n) is 18.0. The first kappa shape index (κ1) is 25.5. The number of amides is 3. The molecule has 3 amide bonds. The molecular formula is C23H18Br2ClN3O6. The summed E-state index contributed by atoms with van der Waals surface area (Å²) in [6.45, 7) is -0.658. The summed E-state index contributed by atoms with van der Waals surface area (Å²) in [5.74, 6) is -3.78. The number of carbonyl (C=O) groups is 4. The smallest absolute Gasteiger partial charge is 0.273 e. The van der Waals surface area contributed by atoms with E-state index in [9.17, 15) is 29.3 Å². The Balaban J connectivity index is 1.70. The second kappa shape index (κ2) is 10.2. The number of carbonyl (C=O) groups excluding carboxylic acids is 4. The first-order valence-electron chi connectivity index (χ1n) is 10.6. The summed E-state index contributed by atoms with van der Waals surface area (Å²) in [6, 6.07) is 10.9. The minimum absolute atomic E-state index is 0.0225. The highest BCUT2D eigenvalue weighted by atomic mass is 79.9. The monoisotopic (exact) mass is 625 g/mol. The van der Waals surface area contributed by atoms with Crippen molar-refractivity contribution in [2.45, 2.75) is 22.5 Å². The molecule has 1 aliphatic heterocycles. The van der Waals surface area contributed by atoms with Gasteiger partial charge in [0.15, 0.2) is 5.78 Å². The van der Waals surface area contributed by atoms with Gasteiger partial charge in [0, 0.05) is 37.9 Å². The Morgan fingerprint density at radius 3 is 2.11 bits per heavy atom. The highest BCUT2D eigenvalue weighted by molar-refractivity contribution is 9.12. The maximum Gasteiger partial charge on any atom is 0.273 e. The number of fused-ring (bicyclic) bond motifs is 1. The number of nitro groups is 1. The Morgan fingerprint density at radius 2 is 1.57 bits per heavy atom. The van der Waals surface area contributed by atoms with Gasteiger partial charge in [-0.15, -0.1) is 0 Å². The highest BCUT2D eigenvalue weighted by Gasteiger charge is 2.54. The fraction of sp³-hybridized carbons (Fsp3) is 0.304. The lowest BCUT2D eigenvalue weighted by atomic mass is 9.81. The predicted octanol–water partition coefficient (Wildman–Crippen LogP) is 4.41. The first-order valence-corrected chi connectivity index (χ1v) is 12.8. The molecule has 4 atom stereocenters. The van der Waals surface area contributed by atoms with Crippen molar-refractivity contribution < 1.29 is 24.1 Å². The van der Waals surface area contributed by atoms with Crippen LogP contribution in [0, 0.1) is 22.0 Å². The van der Waals surface area contributed by atoms with Gasteiger partial charge in [-0.1, -0.05) is 55.6 Å². The van der Waals surface area contributed by atoms with Gasteiger partial charge in [0.25, 0.3) is 23.4 Å². The third-order valence-corrected chi connectivity index (χ3v) is 9.11. The van der Waals surface area contributed by atoms with Gasteiger partial charge in [-0.05, 0) is 37.1 Å². The van der Waals surface area contributed by atoms with Crippen LogP contribution in [0.5, 0.6) is 0 Å². The van der Waals surface area contributed by atoms with Crippen molar-refractivity contribution in [2.24, 2.45) is 11.8 Å². The van der Waals surface area contributed by atoms with Gasteiger partial charge < -0.3 is 0 Å². The molecule has 1 aliphatic carbocycles. The molecule has 0 spiro atoms. The quantitative estimate of drug-likeness (QED) is 0.154. The lowest BCUT2D eigenvalue weighted by Crippen LogP contribution is -2.52. The van der Waals surface area contributed by atoms with E-state index in [0.717, 1.165) is 16.1 Å². The van der Waals surface area contributed by atoms with Gasteiger partial charge >= 0.3 is 0 Å². The summed E-state index contributed by atoms with van der Waals surface area (Å²) >= 11 is 13.0. The largest absolute Gasteiger partial charge is 0.292 e. The van der Waals surface area contributed by atoms with Crippen LogP contribution in [0.1, 0.15) is 33.6 Å². The fourth-order valence-corrected chi connectivity index (χ4v) is 5.67. The summed E-state index contributed by atoms with van der Waals surface area (Å²) in [5.41, 5.74) is -0.198. The number of rotatable bonds is 6. The SMILES string of the molecule is O=C(CN(C(=O)c1ccc(Cl)cc1)N1C(=O)[C@H]2C[C@@H](Br)[C@@H](Br)C[C@H]2C1=O)c1cccc([N+](=O)[O-])c1. The lowest BCUT2D eigenvalue weighted by Gasteiger charge is -2.30. The molecule has 4 rings (SSSR count). The van der Waals surface area contributed by atoms with E-state index in [-0.39, 0.29) is 26.5 Å². The van der Waals surface area contributed by atoms with Crippen molar-refractivity contribution in [1.29, 1.82) is 0 Å².